The molecule has 2 rings (SSSR count). The van der Waals surface area contributed by atoms with Crippen molar-refractivity contribution in [2.45, 2.75) is 24.7 Å². The third-order valence-electron chi connectivity index (χ3n) is 3.52. The molecule has 0 spiro atoms. The summed E-state index contributed by atoms with van der Waals surface area (Å²) >= 11 is 0. The lowest BCUT2D eigenvalue weighted by Crippen LogP contribution is -2.15. The van der Waals surface area contributed by atoms with Gasteiger partial charge >= 0.3 is 5.97 Å². The van der Waals surface area contributed by atoms with Gasteiger partial charge < -0.3 is 14.6 Å². The number of hydrogen-bond acceptors (Lipinski definition) is 4. The number of rotatable bonds is 5. The normalized spacial score (nSPS) is 15.4. The van der Waals surface area contributed by atoms with Crippen LogP contribution in [0.15, 0.2) is 12.1 Å². The van der Waals surface area contributed by atoms with Crippen LogP contribution in [0.3, 0.4) is 0 Å². The van der Waals surface area contributed by atoms with Gasteiger partial charge in [-0.25, -0.2) is 0 Å². The van der Waals surface area contributed by atoms with Gasteiger partial charge in [-0.1, -0.05) is 0 Å². The minimum atomic E-state index is -0.846. The molecule has 5 heteroatoms. The van der Waals surface area contributed by atoms with E-state index in [0.717, 1.165) is 18.4 Å². The Morgan fingerprint density at radius 1 is 1.42 bits per heavy atom. The molecule has 0 amide bonds. The van der Waals surface area contributed by atoms with Gasteiger partial charge in [-0.2, -0.15) is 5.26 Å². The number of nitrogens with zero attached hydrogens (tertiary/aromatic N) is 1. The number of aliphatic carboxylic acids is 1. The minimum absolute atomic E-state index is 0.0431. The van der Waals surface area contributed by atoms with E-state index in [1.54, 1.807) is 12.1 Å². The number of ether oxygens (including phenoxy) is 2. The summed E-state index contributed by atoms with van der Waals surface area (Å²) < 4.78 is 10.6. The maximum absolute atomic E-state index is 11.0. The van der Waals surface area contributed by atoms with Gasteiger partial charge in [-0.3, -0.25) is 4.79 Å². The number of carboxylic acids is 1. The van der Waals surface area contributed by atoms with Gasteiger partial charge in [-0.05, 0) is 18.9 Å². The molecule has 0 heterocycles. The number of benzene rings is 1. The summed E-state index contributed by atoms with van der Waals surface area (Å²) in [6, 6.07) is 5.37. The fraction of sp³-hybridized carbons (Fsp3) is 0.429. The average molecular weight is 261 g/mol. The Balaban J connectivity index is 2.55. The van der Waals surface area contributed by atoms with Crippen LogP contribution in [-0.2, 0) is 10.2 Å². The summed E-state index contributed by atoms with van der Waals surface area (Å²) in [6.07, 6.45) is 1.61. The van der Waals surface area contributed by atoms with Crippen LogP contribution in [0.5, 0.6) is 11.5 Å². The molecule has 1 aliphatic rings. The zero-order chi connectivity index (χ0) is 14.0. The maximum Gasteiger partial charge on any atom is 0.304 e. The molecule has 0 bridgehead atoms. The average Bonchev–Trinajstić information content (AvgIpc) is 3.16. The summed E-state index contributed by atoms with van der Waals surface area (Å²) in [7, 11) is 3.02. The van der Waals surface area contributed by atoms with Gasteiger partial charge in [0.1, 0.15) is 0 Å². The zero-order valence-corrected chi connectivity index (χ0v) is 10.9. The van der Waals surface area contributed by atoms with Crippen molar-refractivity contribution >= 4 is 5.97 Å². The second kappa shape index (κ2) is 4.81. The lowest BCUT2D eigenvalue weighted by molar-refractivity contribution is -0.137. The fourth-order valence-electron chi connectivity index (χ4n) is 2.40. The summed E-state index contributed by atoms with van der Waals surface area (Å²) in [4.78, 5) is 11.0. The Hall–Kier alpha value is -2.22. The highest BCUT2D eigenvalue weighted by molar-refractivity contribution is 5.71. The first-order valence-corrected chi connectivity index (χ1v) is 5.94. The second-order valence-corrected chi connectivity index (χ2v) is 4.72. The number of carbonyl (C=O) groups is 1. The Morgan fingerprint density at radius 2 is 2.11 bits per heavy atom. The van der Waals surface area contributed by atoms with E-state index >= 15 is 0 Å². The lowest BCUT2D eigenvalue weighted by atomic mass is 9.90. The maximum atomic E-state index is 11.0. The van der Waals surface area contributed by atoms with Gasteiger partial charge in [0, 0.05) is 17.0 Å². The molecule has 0 aliphatic heterocycles. The highest BCUT2D eigenvalue weighted by atomic mass is 16.5. The van der Waals surface area contributed by atoms with Gasteiger partial charge in [0.25, 0.3) is 0 Å². The molecule has 0 aromatic heterocycles. The van der Waals surface area contributed by atoms with Crippen LogP contribution >= 0.6 is 0 Å². The van der Waals surface area contributed by atoms with Crippen LogP contribution in [-0.4, -0.2) is 25.3 Å². The second-order valence-electron chi connectivity index (χ2n) is 4.72. The van der Waals surface area contributed by atoms with Crippen molar-refractivity contribution in [2.75, 3.05) is 14.2 Å². The molecule has 100 valence electrons. The highest BCUT2D eigenvalue weighted by Gasteiger charge is 2.48. The summed E-state index contributed by atoms with van der Waals surface area (Å²) in [5, 5.41) is 18.1. The Bertz CT molecular complexity index is 555. The van der Waals surface area contributed by atoms with Gasteiger partial charge in [0.2, 0.25) is 0 Å². The standard InChI is InChI=1S/C14H15NO4/c1-18-11-6-9(8-15)5-10(13(11)19-2)14(3-4-14)7-12(16)17/h5-6H,3-4,7H2,1-2H3,(H,16,17). The zero-order valence-electron chi connectivity index (χ0n) is 10.9. The largest absolute Gasteiger partial charge is 0.493 e. The Labute approximate surface area is 111 Å². The van der Waals surface area contributed by atoms with Crippen molar-refractivity contribution < 1.29 is 19.4 Å². The molecular formula is C14H15NO4. The molecule has 0 unspecified atom stereocenters. The topological polar surface area (TPSA) is 79.5 Å². The molecule has 1 aliphatic carbocycles. The van der Waals surface area contributed by atoms with E-state index in [1.807, 2.05) is 0 Å². The molecule has 0 radical (unpaired) electrons. The van der Waals surface area contributed by atoms with Crippen molar-refractivity contribution in [1.29, 1.82) is 5.26 Å². The van der Waals surface area contributed by atoms with Crippen LogP contribution in [0, 0.1) is 11.3 Å². The predicted octanol–water partition coefficient (Wildman–Crippen LogP) is 2.08. The third kappa shape index (κ3) is 2.34. The monoisotopic (exact) mass is 261 g/mol. The number of hydrogen-bond donors (Lipinski definition) is 1. The van der Waals surface area contributed by atoms with Crippen molar-refractivity contribution in [1.82, 2.24) is 0 Å². The van der Waals surface area contributed by atoms with Gasteiger partial charge in [0.05, 0.1) is 32.3 Å². The molecule has 0 saturated heterocycles. The van der Waals surface area contributed by atoms with E-state index in [1.165, 1.54) is 14.2 Å². The van der Waals surface area contributed by atoms with Crippen molar-refractivity contribution in [3.8, 4) is 17.6 Å². The van der Waals surface area contributed by atoms with Crippen molar-refractivity contribution in [3.05, 3.63) is 23.3 Å². The molecule has 1 aromatic carbocycles. The first kappa shape index (κ1) is 13.2. The molecule has 1 aromatic rings. The summed E-state index contributed by atoms with van der Waals surface area (Å²) in [6.45, 7) is 0. The minimum Gasteiger partial charge on any atom is -0.493 e. The molecule has 1 fully saturated rings. The van der Waals surface area contributed by atoms with E-state index in [0.29, 0.717) is 17.1 Å². The van der Waals surface area contributed by atoms with Crippen molar-refractivity contribution in [3.63, 3.8) is 0 Å². The molecule has 1 saturated carbocycles. The van der Waals surface area contributed by atoms with Crippen LogP contribution in [0.1, 0.15) is 30.4 Å². The number of methoxy groups -OCH3 is 2. The van der Waals surface area contributed by atoms with E-state index in [9.17, 15) is 4.79 Å². The number of nitriles is 1. The Kier molecular flexibility index (Phi) is 3.34. The smallest absolute Gasteiger partial charge is 0.304 e. The lowest BCUT2D eigenvalue weighted by Gasteiger charge is -2.19. The van der Waals surface area contributed by atoms with E-state index < -0.39 is 11.4 Å². The molecule has 5 nitrogen and oxygen atoms in total. The predicted molar refractivity (Wildman–Crippen MR) is 67.4 cm³/mol. The molecule has 19 heavy (non-hydrogen) atoms. The van der Waals surface area contributed by atoms with E-state index in [2.05, 4.69) is 6.07 Å². The molecule has 1 N–H and O–H groups in total. The first-order valence-electron chi connectivity index (χ1n) is 5.94. The SMILES string of the molecule is COc1cc(C#N)cc(C2(CC(=O)O)CC2)c1OC. The quantitative estimate of drug-likeness (QED) is 0.877. The van der Waals surface area contributed by atoms with Crippen LogP contribution in [0.2, 0.25) is 0 Å². The third-order valence-corrected chi connectivity index (χ3v) is 3.52. The summed E-state index contributed by atoms with van der Waals surface area (Å²) in [5.74, 6) is 0.148. The Morgan fingerprint density at radius 3 is 2.53 bits per heavy atom. The van der Waals surface area contributed by atoms with Gasteiger partial charge in [0.15, 0.2) is 11.5 Å². The number of carboxylic acid groups (broad SMARTS) is 1. The first-order chi connectivity index (χ1) is 9.06. The van der Waals surface area contributed by atoms with Crippen LogP contribution in [0.4, 0.5) is 0 Å². The molecule has 0 atom stereocenters. The van der Waals surface area contributed by atoms with Crippen LogP contribution in [0.25, 0.3) is 0 Å². The van der Waals surface area contributed by atoms with Gasteiger partial charge in [-0.15, -0.1) is 0 Å². The van der Waals surface area contributed by atoms with Crippen LogP contribution < -0.4 is 9.47 Å². The molecular weight excluding hydrogens is 246 g/mol. The van der Waals surface area contributed by atoms with Crippen molar-refractivity contribution in [2.24, 2.45) is 0 Å². The summed E-state index contributed by atoms with van der Waals surface area (Å²) in [5.41, 5.74) is 0.787. The fourth-order valence-corrected chi connectivity index (χ4v) is 2.40. The highest BCUT2D eigenvalue weighted by Crippen LogP contribution is 2.55. The van der Waals surface area contributed by atoms with E-state index in [-0.39, 0.29) is 6.42 Å². The van der Waals surface area contributed by atoms with E-state index in [4.69, 9.17) is 19.8 Å².